The van der Waals surface area contributed by atoms with Crippen molar-refractivity contribution in [2.24, 2.45) is 11.8 Å². The Balaban J connectivity index is 1.21. The lowest BCUT2D eigenvalue weighted by Crippen LogP contribution is -2.55. The molecule has 0 aromatic heterocycles. The Kier molecular flexibility index (Phi) is 10.0. The first-order chi connectivity index (χ1) is 18.4. The van der Waals surface area contributed by atoms with Crippen molar-refractivity contribution in [2.45, 2.75) is 57.8 Å². The van der Waals surface area contributed by atoms with Gasteiger partial charge < -0.3 is 30.1 Å². The second-order valence-corrected chi connectivity index (χ2v) is 10.6. The van der Waals surface area contributed by atoms with Crippen LogP contribution in [0.25, 0.3) is 0 Å². The Hall–Kier alpha value is -3.10. The van der Waals surface area contributed by atoms with Crippen molar-refractivity contribution in [3.8, 4) is 5.75 Å². The summed E-state index contributed by atoms with van der Waals surface area (Å²) in [7, 11) is 0. The SMILES string of the molecule is CC(COc1cccc(CNC(=O)[C@H](O)C(O)C(=O)N2CCN(c3ccccc3)CC2)c1)C1CCCCC1. The summed E-state index contributed by atoms with van der Waals surface area (Å²) in [4.78, 5) is 28.9. The van der Waals surface area contributed by atoms with E-state index in [0.29, 0.717) is 38.7 Å². The monoisotopic (exact) mass is 523 g/mol. The van der Waals surface area contributed by atoms with Crippen molar-refractivity contribution in [3.05, 3.63) is 60.2 Å². The van der Waals surface area contributed by atoms with Crippen LogP contribution in [-0.4, -0.2) is 71.9 Å². The van der Waals surface area contributed by atoms with Crippen LogP contribution in [0.3, 0.4) is 0 Å². The summed E-state index contributed by atoms with van der Waals surface area (Å²) in [6.07, 6.45) is 2.85. The molecule has 2 fully saturated rings. The molecular formula is C30H41N3O5. The van der Waals surface area contributed by atoms with Gasteiger partial charge in [0.25, 0.3) is 11.8 Å². The molecule has 2 aromatic rings. The van der Waals surface area contributed by atoms with Gasteiger partial charge in [-0.3, -0.25) is 9.59 Å². The first-order valence-corrected chi connectivity index (χ1v) is 13.9. The normalized spacial score (nSPS) is 18.9. The molecule has 0 bridgehead atoms. The molecule has 0 spiro atoms. The maximum Gasteiger partial charge on any atom is 0.254 e. The molecule has 8 heteroatoms. The quantitative estimate of drug-likeness (QED) is 0.443. The van der Waals surface area contributed by atoms with Crippen molar-refractivity contribution >= 4 is 17.5 Å². The summed E-state index contributed by atoms with van der Waals surface area (Å²) in [5.74, 6) is 0.530. The van der Waals surface area contributed by atoms with Crippen LogP contribution in [0.4, 0.5) is 5.69 Å². The molecule has 1 aliphatic carbocycles. The zero-order valence-electron chi connectivity index (χ0n) is 22.3. The number of para-hydroxylation sites is 1. The van der Waals surface area contributed by atoms with Crippen LogP contribution >= 0.6 is 0 Å². The van der Waals surface area contributed by atoms with E-state index in [4.69, 9.17) is 4.74 Å². The van der Waals surface area contributed by atoms with E-state index in [2.05, 4.69) is 17.1 Å². The minimum Gasteiger partial charge on any atom is -0.493 e. The fourth-order valence-corrected chi connectivity index (χ4v) is 5.40. The number of amides is 2. The molecule has 38 heavy (non-hydrogen) atoms. The van der Waals surface area contributed by atoms with Crippen molar-refractivity contribution in [2.75, 3.05) is 37.7 Å². The number of nitrogens with zero attached hydrogens (tertiary/aromatic N) is 2. The van der Waals surface area contributed by atoms with E-state index >= 15 is 0 Å². The predicted octanol–water partition coefficient (Wildman–Crippen LogP) is 2.97. The molecule has 3 atom stereocenters. The summed E-state index contributed by atoms with van der Waals surface area (Å²) in [5, 5.41) is 23.4. The lowest BCUT2D eigenvalue weighted by atomic mass is 9.81. The molecule has 0 radical (unpaired) electrons. The van der Waals surface area contributed by atoms with E-state index in [1.54, 1.807) is 0 Å². The molecule has 3 N–H and O–H groups in total. The molecule has 1 saturated carbocycles. The molecule has 1 saturated heterocycles. The topological polar surface area (TPSA) is 102 Å². The minimum absolute atomic E-state index is 0.155. The van der Waals surface area contributed by atoms with Gasteiger partial charge in [-0.1, -0.05) is 69.4 Å². The van der Waals surface area contributed by atoms with E-state index in [9.17, 15) is 19.8 Å². The van der Waals surface area contributed by atoms with Gasteiger partial charge in [-0.05, 0) is 41.7 Å². The average molecular weight is 524 g/mol. The number of hydrogen-bond donors (Lipinski definition) is 3. The molecule has 8 nitrogen and oxygen atoms in total. The Morgan fingerprint density at radius 1 is 0.947 bits per heavy atom. The van der Waals surface area contributed by atoms with Crippen LogP contribution in [0.2, 0.25) is 0 Å². The smallest absolute Gasteiger partial charge is 0.254 e. The van der Waals surface area contributed by atoms with Gasteiger partial charge in [0.05, 0.1) is 6.61 Å². The summed E-state index contributed by atoms with van der Waals surface area (Å²) >= 11 is 0. The lowest BCUT2D eigenvalue weighted by Gasteiger charge is -2.37. The molecule has 2 aromatic carbocycles. The van der Waals surface area contributed by atoms with Crippen molar-refractivity contribution in [3.63, 3.8) is 0 Å². The van der Waals surface area contributed by atoms with Crippen LogP contribution in [0.15, 0.2) is 54.6 Å². The molecular weight excluding hydrogens is 482 g/mol. The maximum absolute atomic E-state index is 12.7. The van der Waals surface area contributed by atoms with Crippen LogP contribution in [0.1, 0.15) is 44.6 Å². The summed E-state index contributed by atoms with van der Waals surface area (Å²) in [5.41, 5.74) is 1.89. The first kappa shape index (κ1) is 27.9. The van der Waals surface area contributed by atoms with E-state index in [1.165, 1.54) is 37.0 Å². The zero-order chi connectivity index (χ0) is 26.9. The number of carbonyl (C=O) groups is 2. The van der Waals surface area contributed by atoms with Gasteiger partial charge in [0.1, 0.15) is 5.75 Å². The molecule has 2 unspecified atom stereocenters. The average Bonchev–Trinajstić information content (AvgIpc) is 2.98. The van der Waals surface area contributed by atoms with Crippen LogP contribution in [0.5, 0.6) is 5.75 Å². The number of nitrogens with one attached hydrogen (secondary N) is 1. The lowest BCUT2D eigenvalue weighted by molar-refractivity contribution is -0.153. The van der Waals surface area contributed by atoms with Crippen LogP contribution in [-0.2, 0) is 16.1 Å². The van der Waals surface area contributed by atoms with E-state index in [1.807, 2.05) is 54.6 Å². The van der Waals surface area contributed by atoms with E-state index < -0.39 is 24.0 Å². The number of ether oxygens (including phenoxy) is 1. The number of benzene rings is 2. The largest absolute Gasteiger partial charge is 0.493 e. The Morgan fingerprint density at radius 2 is 1.66 bits per heavy atom. The number of piperazine rings is 1. The van der Waals surface area contributed by atoms with Gasteiger partial charge in [-0.25, -0.2) is 0 Å². The highest BCUT2D eigenvalue weighted by Gasteiger charge is 2.34. The third kappa shape index (κ3) is 7.48. The van der Waals surface area contributed by atoms with Gasteiger partial charge >= 0.3 is 0 Å². The van der Waals surface area contributed by atoms with Crippen molar-refractivity contribution in [1.29, 1.82) is 0 Å². The van der Waals surface area contributed by atoms with Crippen LogP contribution < -0.4 is 15.0 Å². The highest BCUT2D eigenvalue weighted by Crippen LogP contribution is 2.30. The molecule has 4 rings (SSSR count). The van der Waals surface area contributed by atoms with Gasteiger partial charge in [-0.2, -0.15) is 0 Å². The predicted molar refractivity (Wildman–Crippen MR) is 147 cm³/mol. The summed E-state index contributed by atoms with van der Waals surface area (Å²) < 4.78 is 6.03. The number of aliphatic hydroxyl groups is 2. The summed E-state index contributed by atoms with van der Waals surface area (Å²) in [6.45, 7) is 5.11. The standard InChI is InChI=1S/C30H41N3O5/c1-22(24-10-4-2-5-11-24)21-38-26-14-8-9-23(19-26)20-31-29(36)27(34)28(35)30(37)33-17-15-32(16-18-33)25-12-6-3-7-13-25/h3,6-9,12-14,19,22,24,27-28,34-35H,2,4-5,10-11,15-18,20-21H2,1H3,(H,31,36)/t22?,27-,28?/m1/s1. The zero-order valence-corrected chi connectivity index (χ0v) is 22.3. The molecule has 2 amide bonds. The summed E-state index contributed by atoms with van der Waals surface area (Å²) in [6, 6.07) is 17.4. The van der Waals surface area contributed by atoms with Crippen molar-refractivity contribution in [1.82, 2.24) is 10.2 Å². The third-order valence-corrected chi connectivity index (χ3v) is 7.87. The highest BCUT2D eigenvalue weighted by atomic mass is 16.5. The van der Waals surface area contributed by atoms with Gasteiger partial charge in [-0.15, -0.1) is 0 Å². The Labute approximate surface area is 225 Å². The van der Waals surface area contributed by atoms with Gasteiger partial charge in [0, 0.05) is 38.4 Å². The fourth-order valence-electron chi connectivity index (χ4n) is 5.40. The number of aliphatic hydroxyl groups excluding tert-OH is 2. The fraction of sp³-hybridized carbons (Fsp3) is 0.533. The number of anilines is 1. The minimum atomic E-state index is -1.84. The van der Waals surface area contributed by atoms with E-state index in [-0.39, 0.29) is 6.54 Å². The van der Waals surface area contributed by atoms with Gasteiger partial charge in [0.15, 0.2) is 12.2 Å². The number of hydrogen-bond acceptors (Lipinski definition) is 6. The van der Waals surface area contributed by atoms with Crippen LogP contribution in [0, 0.1) is 11.8 Å². The van der Waals surface area contributed by atoms with E-state index in [0.717, 1.165) is 22.9 Å². The first-order valence-electron chi connectivity index (χ1n) is 13.9. The highest BCUT2D eigenvalue weighted by molar-refractivity contribution is 5.90. The molecule has 1 aliphatic heterocycles. The molecule has 2 aliphatic rings. The Morgan fingerprint density at radius 3 is 2.37 bits per heavy atom. The maximum atomic E-state index is 12.7. The Bertz CT molecular complexity index is 1040. The third-order valence-electron chi connectivity index (χ3n) is 7.87. The second kappa shape index (κ2) is 13.6. The molecule has 1 heterocycles. The molecule has 206 valence electrons. The number of rotatable bonds is 10. The number of carbonyl (C=O) groups excluding carboxylic acids is 2. The van der Waals surface area contributed by atoms with Gasteiger partial charge in [0.2, 0.25) is 0 Å². The van der Waals surface area contributed by atoms with Crippen molar-refractivity contribution < 1.29 is 24.5 Å². The second-order valence-electron chi connectivity index (χ2n) is 10.6.